The second-order valence-electron chi connectivity index (χ2n) is 2.75. The van der Waals surface area contributed by atoms with Gasteiger partial charge in [0.25, 0.3) is 0 Å². The average molecular weight is 417 g/mol. The molecule has 0 fully saturated rings. The molecule has 18 heavy (non-hydrogen) atoms. The standard InChI is InChI=1S/C4H2Br2ClN3.C4H4ClN3/c5-1-3(7)10-4(8)2(6)9-1;5-3-1-7-2-4(6)8-3/h(H2,8,10);1-2H,(H2,6,8). The van der Waals surface area contributed by atoms with E-state index in [1.807, 2.05) is 0 Å². The van der Waals surface area contributed by atoms with E-state index in [2.05, 4.69) is 51.8 Å². The zero-order valence-electron chi connectivity index (χ0n) is 8.61. The third-order valence-electron chi connectivity index (χ3n) is 1.42. The number of nitrogens with zero attached hydrogens (tertiary/aromatic N) is 4. The fraction of sp³-hybridized carbons (Fsp3) is 0. The third-order valence-corrected chi connectivity index (χ3v) is 3.23. The van der Waals surface area contributed by atoms with E-state index in [4.69, 9.17) is 34.7 Å². The van der Waals surface area contributed by atoms with Crippen LogP contribution in [0.3, 0.4) is 0 Å². The van der Waals surface area contributed by atoms with Crippen molar-refractivity contribution in [2.24, 2.45) is 0 Å². The van der Waals surface area contributed by atoms with Crippen molar-refractivity contribution >= 4 is 66.7 Å². The third kappa shape index (κ3) is 4.89. The first-order valence-electron chi connectivity index (χ1n) is 4.27. The van der Waals surface area contributed by atoms with E-state index in [1.165, 1.54) is 12.4 Å². The van der Waals surface area contributed by atoms with E-state index in [0.29, 0.717) is 20.2 Å². The van der Waals surface area contributed by atoms with Crippen LogP contribution in [-0.2, 0) is 0 Å². The highest BCUT2D eigenvalue weighted by atomic mass is 79.9. The molecule has 2 aromatic heterocycles. The number of halogens is 4. The molecule has 0 aliphatic carbocycles. The lowest BCUT2D eigenvalue weighted by Crippen LogP contribution is -1.94. The van der Waals surface area contributed by atoms with Crippen LogP contribution in [0.5, 0.6) is 0 Å². The minimum atomic E-state index is 0.265. The molecule has 0 spiro atoms. The van der Waals surface area contributed by atoms with Gasteiger partial charge in [-0.05, 0) is 31.9 Å². The monoisotopic (exact) mass is 414 g/mol. The molecule has 2 heterocycles. The Kier molecular flexibility index (Phi) is 6.00. The van der Waals surface area contributed by atoms with Gasteiger partial charge < -0.3 is 11.5 Å². The predicted octanol–water partition coefficient (Wildman–Crippen LogP) is 2.95. The molecule has 0 aromatic carbocycles. The SMILES string of the molecule is Nc1cncc(Cl)n1.Nc1nc(Cl)c(Br)nc1Br. The Labute approximate surface area is 129 Å². The van der Waals surface area contributed by atoms with Crippen LogP contribution in [0.2, 0.25) is 10.3 Å². The van der Waals surface area contributed by atoms with Crippen molar-refractivity contribution in [1.82, 2.24) is 19.9 Å². The van der Waals surface area contributed by atoms with Gasteiger partial charge in [0.15, 0.2) is 11.0 Å². The van der Waals surface area contributed by atoms with Crippen molar-refractivity contribution in [3.8, 4) is 0 Å². The number of rotatable bonds is 0. The summed E-state index contributed by atoms with van der Waals surface area (Å²) in [4.78, 5) is 15.0. The molecule has 96 valence electrons. The summed E-state index contributed by atoms with van der Waals surface area (Å²) < 4.78 is 0.971. The molecule has 4 N–H and O–H groups in total. The molecule has 0 amide bonds. The molecule has 10 heteroatoms. The van der Waals surface area contributed by atoms with Gasteiger partial charge in [0.05, 0.1) is 12.4 Å². The van der Waals surface area contributed by atoms with E-state index < -0.39 is 0 Å². The zero-order valence-corrected chi connectivity index (χ0v) is 13.3. The maximum absolute atomic E-state index is 5.56. The first kappa shape index (κ1) is 15.4. The maximum atomic E-state index is 5.56. The van der Waals surface area contributed by atoms with Crippen molar-refractivity contribution in [3.63, 3.8) is 0 Å². The molecule has 0 radical (unpaired) electrons. The molecule has 2 rings (SSSR count). The second-order valence-corrected chi connectivity index (χ2v) is 5.00. The molecule has 2 aromatic rings. The summed E-state index contributed by atoms with van der Waals surface area (Å²) in [6.07, 6.45) is 2.86. The minimum Gasteiger partial charge on any atom is -0.382 e. The smallest absolute Gasteiger partial charge is 0.164 e. The molecule has 0 saturated heterocycles. The van der Waals surface area contributed by atoms with Gasteiger partial charge in [-0.1, -0.05) is 23.2 Å². The molecular weight excluding hydrogens is 411 g/mol. The number of aromatic nitrogens is 4. The van der Waals surface area contributed by atoms with E-state index >= 15 is 0 Å². The van der Waals surface area contributed by atoms with Crippen LogP contribution in [0.1, 0.15) is 0 Å². The van der Waals surface area contributed by atoms with Crippen LogP contribution < -0.4 is 11.5 Å². The highest BCUT2D eigenvalue weighted by molar-refractivity contribution is 9.11. The topological polar surface area (TPSA) is 104 Å². The second kappa shape index (κ2) is 7.03. The van der Waals surface area contributed by atoms with Crippen LogP contribution in [0.4, 0.5) is 11.6 Å². The van der Waals surface area contributed by atoms with Gasteiger partial charge in [-0.3, -0.25) is 4.98 Å². The Morgan fingerprint density at radius 3 is 2.06 bits per heavy atom. The predicted molar refractivity (Wildman–Crippen MR) is 78.3 cm³/mol. The molecular formula is C8H6Br2Cl2N6. The first-order chi connectivity index (χ1) is 8.40. The van der Waals surface area contributed by atoms with Crippen LogP contribution in [0.15, 0.2) is 21.6 Å². The van der Waals surface area contributed by atoms with Crippen molar-refractivity contribution < 1.29 is 0 Å². The summed E-state index contributed by atoms with van der Waals surface area (Å²) in [5, 5.41) is 0.589. The summed E-state index contributed by atoms with van der Waals surface area (Å²) in [5.74, 6) is 0.630. The van der Waals surface area contributed by atoms with E-state index in [-0.39, 0.29) is 11.0 Å². The summed E-state index contributed by atoms with van der Waals surface area (Å²) in [6, 6.07) is 0. The summed E-state index contributed by atoms with van der Waals surface area (Å²) in [7, 11) is 0. The van der Waals surface area contributed by atoms with E-state index in [1.54, 1.807) is 0 Å². The molecule has 0 saturated carbocycles. The lowest BCUT2D eigenvalue weighted by molar-refractivity contribution is 1.14. The van der Waals surface area contributed by atoms with Crippen LogP contribution in [0, 0.1) is 0 Å². The van der Waals surface area contributed by atoms with Crippen molar-refractivity contribution in [1.29, 1.82) is 0 Å². The van der Waals surface area contributed by atoms with Gasteiger partial charge in [0.2, 0.25) is 0 Å². The number of nitrogen functional groups attached to an aromatic ring is 2. The number of hydrogen-bond acceptors (Lipinski definition) is 6. The molecule has 0 bridgehead atoms. The normalized spacial score (nSPS) is 9.56. The molecule has 0 atom stereocenters. The lowest BCUT2D eigenvalue weighted by atomic mass is 10.7. The van der Waals surface area contributed by atoms with Gasteiger partial charge in [-0.15, -0.1) is 0 Å². The van der Waals surface area contributed by atoms with E-state index in [9.17, 15) is 0 Å². The van der Waals surface area contributed by atoms with Crippen molar-refractivity contribution in [2.75, 3.05) is 11.5 Å². The van der Waals surface area contributed by atoms with Crippen LogP contribution in [0.25, 0.3) is 0 Å². The lowest BCUT2D eigenvalue weighted by Gasteiger charge is -1.97. The average Bonchev–Trinajstić information content (AvgIpc) is 2.27. The van der Waals surface area contributed by atoms with Crippen molar-refractivity contribution in [3.05, 3.63) is 31.9 Å². The van der Waals surface area contributed by atoms with Gasteiger partial charge >= 0.3 is 0 Å². The Morgan fingerprint density at radius 2 is 1.61 bits per heavy atom. The maximum Gasteiger partial charge on any atom is 0.164 e. The summed E-state index contributed by atoms with van der Waals surface area (Å²) in [6.45, 7) is 0. The zero-order chi connectivity index (χ0) is 13.7. The quantitative estimate of drug-likeness (QED) is 0.684. The minimum absolute atomic E-state index is 0.265. The molecule has 6 nitrogen and oxygen atoms in total. The largest absolute Gasteiger partial charge is 0.382 e. The number of anilines is 2. The first-order valence-corrected chi connectivity index (χ1v) is 6.61. The van der Waals surface area contributed by atoms with Gasteiger partial charge in [-0.2, -0.15) is 0 Å². The highest BCUT2D eigenvalue weighted by Crippen LogP contribution is 2.23. The Bertz CT molecular complexity index is 486. The summed E-state index contributed by atoms with van der Waals surface area (Å²) >= 11 is 17.1. The van der Waals surface area contributed by atoms with Gasteiger partial charge in [0.1, 0.15) is 20.2 Å². The van der Waals surface area contributed by atoms with Crippen LogP contribution in [-0.4, -0.2) is 19.9 Å². The van der Waals surface area contributed by atoms with Crippen molar-refractivity contribution in [2.45, 2.75) is 0 Å². The Hall–Kier alpha value is -0.700. The van der Waals surface area contributed by atoms with Gasteiger partial charge in [-0.25, -0.2) is 15.0 Å². The molecule has 0 aliphatic heterocycles. The number of hydrogen-bond donors (Lipinski definition) is 2. The fourth-order valence-corrected chi connectivity index (χ4v) is 1.80. The van der Waals surface area contributed by atoms with E-state index in [0.717, 1.165) is 0 Å². The Balaban J connectivity index is 0.000000184. The molecule has 0 aliphatic rings. The summed E-state index contributed by atoms with van der Waals surface area (Å²) in [5.41, 5.74) is 10.6. The fourth-order valence-electron chi connectivity index (χ4n) is 0.744. The number of nitrogens with two attached hydrogens (primary N) is 2. The van der Waals surface area contributed by atoms with Gasteiger partial charge in [0, 0.05) is 0 Å². The highest BCUT2D eigenvalue weighted by Gasteiger charge is 2.04. The van der Waals surface area contributed by atoms with Crippen LogP contribution >= 0.6 is 55.1 Å². The Morgan fingerprint density at radius 1 is 0.944 bits per heavy atom. The molecule has 0 unspecified atom stereocenters.